The zero-order valence-corrected chi connectivity index (χ0v) is 13.5. The Balaban J connectivity index is 1.70. The lowest BCUT2D eigenvalue weighted by Crippen LogP contribution is -2.50. The molecule has 1 heterocycles. The van der Waals surface area contributed by atoms with Crippen LogP contribution < -0.4 is 5.32 Å². The third-order valence-electron chi connectivity index (χ3n) is 4.60. The molecule has 0 radical (unpaired) electrons. The molecule has 1 saturated heterocycles. The number of hydrogen-bond donors (Lipinski definition) is 1. The summed E-state index contributed by atoms with van der Waals surface area (Å²) < 4.78 is 13.9. The average molecular weight is 341 g/mol. The van der Waals surface area contributed by atoms with Gasteiger partial charge in [0.25, 0.3) is 0 Å². The van der Waals surface area contributed by atoms with Gasteiger partial charge in [-0.05, 0) is 78.8 Å². The van der Waals surface area contributed by atoms with Crippen LogP contribution in [0.15, 0.2) is 22.7 Å². The van der Waals surface area contributed by atoms with E-state index in [0.29, 0.717) is 4.47 Å². The summed E-state index contributed by atoms with van der Waals surface area (Å²) in [4.78, 5) is 2.51. The zero-order chi connectivity index (χ0) is 14.2. The van der Waals surface area contributed by atoms with Crippen LogP contribution in [0.3, 0.4) is 0 Å². The highest BCUT2D eigenvalue weighted by molar-refractivity contribution is 9.10. The van der Waals surface area contributed by atoms with Gasteiger partial charge in [0.05, 0.1) is 4.47 Å². The maximum atomic E-state index is 13.3. The Kier molecular flexibility index (Phi) is 4.16. The first-order valence-corrected chi connectivity index (χ1v) is 8.27. The topological polar surface area (TPSA) is 15.3 Å². The zero-order valence-electron chi connectivity index (χ0n) is 12.0. The van der Waals surface area contributed by atoms with Gasteiger partial charge in [0.2, 0.25) is 0 Å². The van der Waals surface area contributed by atoms with Crippen molar-refractivity contribution in [3.8, 4) is 0 Å². The van der Waals surface area contributed by atoms with E-state index in [-0.39, 0.29) is 11.4 Å². The molecule has 2 aliphatic rings. The molecule has 2 nitrogen and oxygen atoms in total. The Hall–Kier alpha value is -0.450. The number of nitrogens with one attached hydrogen (secondary N) is 1. The van der Waals surface area contributed by atoms with Gasteiger partial charge in [-0.1, -0.05) is 6.07 Å². The third-order valence-corrected chi connectivity index (χ3v) is 5.21. The highest BCUT2D eigenvalue weighted by Gasteiger charge is 2.42. The van der Waals surface area contributed by atoms with Gasteiger partial charge < -0.3 is 5.32 Å². The molecule has 1 aromatic rings. The molecule has 1 saturated carbocycles. The lowest BCUT2D eigenvalue weighted by molar-refractivity contribution is 0.195. The lowest BCUT2D eigenvalue weighted by Gasteiger charge is -2.34. The van der Waals surface area contributed by atoms with Crippen LogP contribution in [0.1, 0.15) is 31.7 Å². The van der Waals surface area contributed by atoms with E-state index in [2.05, 4.69) is 33.1 Å². The van der Waals surface area contributed by atoms with Crippen LogP contribution in [0.4, 0.5) is 4.39 Å². The SMILES string of the molecule is CC1(C2CC2)CN(Cc2ccc(F)c(Br)c2)CCCN1. The second kappa shape index (κ2) is 5.74. The monoisotopic (exact) mass is 340 g/mol. The second-order valence-electron chi connectivity index (χ2n) is 6.43. The first-order valence-electron chi connectivity index (χ1n) is 7.48. The normalized spacial score (nSPS) is 28.4. The molecule has 1 aliphatic heterocycles. The van der Waals surface area contributed by atoms with Crippen molar-refractivity contribution in [3.63, 3.8) is 0 Å². The Morgan fingerprint density at radius 2 is 2.25 bits per heavy atom. The van der Waals surface area contributed by atoms with E-state index in [0.717, 1.165) is 32.1 Å². The minimum absolute atomic E-state index is 0.186. The largest absolute Gasteiger partial charge is 0.310 e. The van der Waals surface area contributed by atoms with E-state index in [1.165, 1.54) is 24.8 Å². The van der Waals surface area contributed by atoms with Gasteiger partial charge in [-0.2, -0.15) is 0 Å². The van der Waals surface area contributed by atoms with Crippen LogP contribution in [0, 0.1) is 11.7 Å². The van der Waals surface area contributed by atoms with E-state index in [9.17, 15) is 4.39 Å². The third kappa shape index (κ3) is 3.23. The van der Waals surface area contributed by atoms with Gasteiger partial charge >= 0.3 is 0 Å². The molecule has 0 aromatic heterocycles. The van der Waals surface area contributed by atoms with Crippen molar-refractivity contribution in [2.75, 3.05) is 19.6 Å². The molecule has 1 N–H and O–H groups in total. The summed E-state index contributed by atoms with van der Waals surface area (Å²) in [6.07, 6.45) is 3.91. The Bertz CT molecular complexity index is 489. The lowest BCUT2D eigenvalue weighted by atomic mass is 9.95. The first-order chi connectivity index (χ1) is 9.57. The molecular weight excluding hydrogens is 319 g/mol. The minimum atomic E-state index is -0.186. The van der Waals surface area contributed by atoms with Gasteiger partial charge in [-0.25, -0.2) is 4.39 Å². The Labute approximate surface area is 128 Å². The highest BCUT2D eigenvalue weighted by Crippen LogP contribution is 2.40. The predicted octanol–water partition coefficient (Wildman–Crippen LogP) is 3.55. The number of rotatable bonds is 3. The van der Waals surface area contributed by atoms with Crippen LogP contribution in [-0.4, -0.2) is 30.1 Å². The highest BCUT2D eigenvalue weighted by atomic mass is 79.9. The maximum absolute atomic E-state index is 13.3. The Morgan fingerprint density at radius 1 is 1.45 bits per heavy atom. The van der Waals surface area contributed by atoms with E-state index >= 15 is 0 Å². The van der Waals surface area contributed by atoms with Gasteiger partial charge in [0.1, 0.15) is 5.82 Å². The summed E-state index contributed by atoms with van der Waals surface area (Å²) in [5.41, 5.74) is 1.44. The summed E-state index contributed by atoms with van der Waals surface area (Å²) in [6.45, 7) is 6.58. The van der Waals surface area contributed by atoms with Crippen LogP contribution in [0.25, 0.3) is 0 Å². The quantitative estimate of drug-likeness (QED) is 0.905. The molecule has 1 unspecified atom stereocenters. The minimum Gasteiger partial charge on any atom is -0.310 e. The molecule has 1 aliphatic carbocycles. The molecule has 3 rings (SSSR count). The summed E-state index contributed by atoms with van der Waals surface area (Å²) in [5, 5.41) is 3.75. The van der Waals surface area contributed by atoms with E-state index < -0.39 is 0 Å². The molecular formula is C16H22BrFN2. The Morgan fingerprint density at radius 3 is 2.95 bits per heavy atom. The second-order valence-corrected chi connectivity index (χ2v) is 7.29. The molecule has 0 bridgehead atoms. The number of hydrogen-bond acceptors (Lipinski definition) is 2. The molecule has 1 atom stereocenters. The molecule has 0 spiro atoms. The van der Waals surface area contributed by atoms with Crippen molar-refractivity contribution in [3.05, 3.63) is 34.1 Å². The molecule has 2 fully saturated rings. The van der Waals surface area contributed by atoms with Crippen molar-refractivity contribution < 1.29 is 4.39 Å². The maximum Gasteiger partial charge on any atom is 0.137 e. The van der Waals surface area contributed by atoms with E-state index in [1.54, 1.807) is 6.07 Å². The summed E-state index contributed by atoms with van der Waals surface area (Å²) in [7, 11) is 0. The van der Waals surface area contributed by atoms with Crippen LogP contribution in [-0.2, 0) is 6.54 Å². The van der Waals surface area contributed by atoms with Crippen LogP contribution in [0.5, 0.6) is 0 Å². The predicted molar refractivity (Wildman–Crippen MR) is 83.1 cm³/mol. The van der Waals surface area contributed by atoms with Gasteiger partial charge in [-0.3, -0.25) is 4.90 Å². The van der Waals surface area contributed by atoms with Crippen molar-refractivity contribution in [2.24, 2.45) is 5.92 Å². The molecule has 0 amide bonds. The molecule has 4 heteroatoms. The van der Waals surface area contributed by atoms with Crippen molar-refractivity contribution in [2.45, 2.75) is 38.3 Å². The summed E-state index contributed by atoms with van der Waals surface area (Å²) in [6, 6.07) is 5.35. The van der Waals surface area contributed by atoms with Crippen LogP contribution in [0.2, 0.25) is 0 Å². The standard InChI is InChI=1S/C16H22BrFN2/c1-16(13-4-5-13)11-20(8-2-7-19-16)10-12-3-6-15(18)14(17)9-12/h3,6,9,13,19H,2,4-5,7-8,10-11H2,1H3. The summed E-state index contributed by atoms with van der Waals surface area (Å²) in [5.74, 6) is 0.650. The number of benzene rings is 1. The van der Waals surface area contributed by atoms with E-state index in [4.69, 9.17) is 0 Å². The number of nitrogens with zero attached hydrogens (tertiary/aromatic N) is 1. The summed E-state index contributed by atoms with van der Waals surface area (Å²) >= 11 is 3.28. The fraction of sp³-hybridized carbons (Fsp3) is 0.625. The van der Waals surface area contributed by atoms with E-state index in [1.807, 2.05) is 12.1 Å². The first kappa shape index (κ1) is 14.5. The van der Waals surface area contributed by atoms with Gasteiger partial charge in [0, 0.05) is 18.6 Å². The smallest absolute Gasteiger partial charge is 0.137 e. The van der Waals surface area contributed by atoms with Crippen molar-refractivity contribution in [1.82, 2.24) is 10.2 Å². The number of halogens is 2. The molecule has 1 aromatic carbocycles. The fourth-order valence-electron chi connectivity index (χ4n) is 3.30. The molecule has 20 heavy (non-hydrogen) atoms. The van der Waals surface area contributed by atoms with Crippen LogP contribution >= 0.6 is 15.9 Å². The fourth-order valence-corrected chi connectivity index (χ4v) is 3.73. The van der Waals surface area contributed by atoms with Crippen molar-refractivity contribution >= 4 is 15.9 Å². The average Bonchev–Trinajstić information content (AvgIpc) is 3.22. The van der Waals surface area contributed by atoms with Crippen molar-refractivity contribution in [1.29, 1.82) is 0 Å². The van der Waals surface area contributed by atoms with Gasteiger partial charge in [0.15, 0.2) is 0 Å². The molecule has 110 valence electrons. The van der Waals surface area contributed by atoms with Gasteiger partial charge in [-0.15, -0.1) is 0 Å².